The number of benzene rings is 2. The Hall–Kier alpha value is -5.19. The van der Waals surface area contributed by atoms with Gasteiger partial charge in [-0.05, 0) is 47.7 Å². The van der Waals surface area contributed by atoms with E-state index in [1.165, 1.54) is 10.8 Å². The number of hydrogen-bond donors (Lipinski definition) is 4. The van der Waals surface area contributed by atoms with E-state index < -0.39 is 11.7 Å². The van der Waals surface area contributed by atoms with E-state index in [-0.39, 0.29) is 37.3 Å². The van der Waals surface area contributed by atoms with E-state index in [9.17, 15) is 14.4 Å². The zero-order chi connectivity index (χ0) is 28.2. The number of nitrogens with one attached hydrogen (secondary N) is 3. The third-order valence-electron chi connectivity index (χ3n) is 6.88. The van der Waals surface area contributed by atoms with Crippen molar-refractivity contribution in [2.75, 3.05) is 17.8 Å². The molecule has 1 aliphatic carbocycles. The van der Waals surface area contributed by atoms with Gasteiger partial charge in [0.1, 0.15) is 19.0 Å². The van der Waals surface area contributed by atoms with Gasteiger partial charge in [0.05, 0.1) is 0 Å². The Kier molecular flexibility index (Phi) is 7.45. The van der Waals surface area contributed by atoms with Gasteiger partial charge in [0.25, 0.3) is 5.56 Å². The van der Waals surface area contributed by atoms with Crippen molar-refractivity contribution in [2.24, 2.45) is 0 Å². The Labute approximate surface area is 230 Å². The zero-order valence-electron chi connectivity index (χ0n) is 22.1. The van der Waals surface area contributed by atoms with Gasteiger partial charge in [-0.25, -0.2) is 20.2 Å². The number of hydrazine groups is 1. The molecule has 0 aliphatic heterocycles. The minimum absolute atomic E-state index is 0.0980. The molecule has 0 spiro atoms. The van der Waals surface area contributed by atoms with E-state index in [1.807, 2.05) is 36.4 Å². The topological polar surface area (TPSA) is 153 Å². The number of carbonyl (C=O) groups excluding carboxylic acids is 2. The summed E-state index contributed by atoms with van der Waals surface area (Å²) in [4.78, 5) is 46.3. The van der Waals surface area contributed by atoms with E-state index in [4.69, 9.17) is 10.5 Å². The average molecular weight is 540 g/mol. The van der Waals surface area contributed by atoms with Crippen molar-refractivity contribution in [3.8, 4) is 11.1 Å². The Bertz CT molecular complexity index is 1600. The zero-order valence-corrected chi connectivity index (χ0v) is 22.1. The summed E-state index contributed by atoms with van der Waals surface area (Å²) in [5, 5.41) is 2.78. The first-order valence-corrected chi connectivity index (χ1v) is 12.7. The van der Waals surface area contributed by atoms with Crippen LogP contribution in [0.1, 0.15) is 34.0 Å². The van der Waals surface area contributed by atoms with Crippen LogP contribution in [-0.4, -0.2) is 33.1 Å². The highest BCUT2D eigenvalue weighted by molar-refractivity contribution is 5.79. The molecule has 2 heterocycles. The standard InChI is InChI=1S/C29H29N7O4/c1-17-13-32-27(28(38)36(17)15-26(37)31-14-19-11-12-25(30)33-18(19)2)34-35-29(39)40-16-24-22-9-5-3-7-20(22)21-8-4-6-10-23(21)24/h3-13,24H,14-16H2,1-2H3,(H2,30,33)(H,31,37)(H,32,34)(H,35,39). The third-order valence-corrected chi connectivity index (χ3v) is 6.88. The first-order chi connectivity index (χ1) is 19.3. The van der Waals surface area contributed by atoms with E-state index in [2.05, 4.69) is 38.3 Å². The molecule has 0 saturated carbocycles. The van der Waals surface area contributed by atoms with Crippen LogP contribution < -0.4 is 27.5 Å². The molecule has 4 aromatic rings. The molecule has 5 rings (SSSR count). The summed E-state index contributed by atoms with van der Waals surface area (Å²) < 4.78 is 6.75. The Balaban J connectivity index is 1.18. The number of nitrogen functional groups attached to an aromatic ring is 1. The van der Waals surface area contributed by atoms with Crippen LogP contribution in [0.3, 0.4) is 0 Å². The Morgan fingerprint density at radius 3 is 2.35 bits per heavy atom. The van der Waals surface area contributed by atoms with Crippen LogP contribution in [-0.2, 0) is 22.6 Å². The maximum atomic E-state index is 13.0. The molecule has 0 bridgehead atoms. The molecule has 11 heteroatoms. The molecule has 0 radical (unpaired) electrons. The molecule has 0 fully saturated rings. The molecular formula is C29H29N7O4. The summed E-state index contributed by atoms with van der Waals surface area (Å²) in [6, 6.07) is 19.5. The van der Waals surface area contributed by atoms with Crippen LogP contribution in [0, 0.1) is 13.8 Å². The van der Waals surface area contributed by atoms with E-state index in [0.29, 0.717) is 17.2 Å². The van der Waals surface area contributed by atoms with Gasteiger partial charge in [0.2, 0.25) is 11.7 Å². The third kappa shape index (κ3) is 5.48. The van der Waals surface area contributed by atoms with Crippen LogP contribution in [0.2, 0.25) is 0 Å². The maximum Gasteiger partial charge on any atom is 0.426 e. The second-order valence-electron chi connectivity index (χ2n) is 9.47. The number of pyridine rings is 1. The molecule has 2 aromatic carbocycles. The van der Waals surface area contributed by atoms with E-state index >= 15 is 0 Å². The second-order valence-corrected chi connectivity index (χ2v) is 9.47. The van der Waals surface area contributed by atoms with Gasteiger partial charge in [0.15, 0.2) is 0 Å². The minimum Gasteiger partial charge on any atom is -0.447 e. The molecule has 2 aromatic heterocycles. The van der Waals surface area contributed by atoms with Gasteiger partial charge >= 0.3 is 6.09 Å². The van der Waals surface area contributed by atoms with Crippen LogP contribution in [0.25, 0.3) is 11.1 Å². The van der Waals surface area contributed by atoms with Gasteiger partial charge in [-0.15, -0.1) is 0 Å². The highest BCUT2D eigenvalue weighted by atomic mass is 16.6. The number of fused-ring (bicyclic) bond motifs is 3. The van der Waals surface area contributed by atoms with Crippen molar-refractivity contribution in [3.63, 3.8) is 0 Å². The molecule has 0 saturated heterocycles. The number of hydrogen-bond acceptors (Lipinski definition) is 8. The predicted octanol–water partition coefficient (Wildman–Crippen LogP) is 3.02. The first-order valence-electron chi connectivity index (χ1n) is 12.7. The number of nitrogens with zero attached hydrogens (tertiary/aromatic N) is 3. The molecular weight excluding hydrogens is 510 g/mol. The number of amides is 2. The molecule has 11 nitrogen and oxygen atoms in total. The van der Waals surface area contributed by atoms with Gasteiger partial charge in [-0.1, -0.05) is 54.6 Å². The SMILES string of the molecule is Cc1nc(N)ccc1CNC(=O)Cn1c(C)cnc(NNC(=O)OCC2c3ccccc3-c3ccccc32)c1=O. The number of nitrogens with two attached hydrogens (primary N) is 1. The number of rotatable bonds is 8. The lowest BCUT2D eigenvalue weighted by Crippen LogP contribution is -2.38. The smallest absolute Gasteiger partial charge is 0.426 e. The van der Waals surface area contributed by atoms with Gasteiger partial charge in [0, 0.05) is 30.0 Å². The van der Waals surface area contributed by atoms with Crippen molar-refractivity contribution in [3.05, 3.63) is 105 Å². The lowest BCUT2D eigenvalue weighted by atomic mass is 9.98. The molecule has 0 unspecified atom stereocenters. The molecule has 1 aliphatic rings. The summed E-state index contributed by atoms with van der Waals surface area (Å²) in [6.07, 6.45) is 0.671. The fourth-order valence-corrected chi connectivity index (χ4v) is 4.79. The largest absolute Gasteiger partial charge is 0.447 e. The summed E-state index contributed by atoms with van der Waals surface area (Å²) in [5.74, 6) is -0.217. The monoisotopic (exact) mass is 539 g/mol. The first kappa shape index (κ1) is 26.4. The van der Waals surface area contributed by atoms with Crippen LogP contribution in [0.15, 0.2) is 71.7 Å². The summed E-state index contributed by atoms with van der Waals surface area (Å²) in [6.45, 7) is 3.60. The number of carbonyl (C=O) groups is 2. The van der Waals surface area contributed by atoms with Crippen LogP contribution >= 0.6 is 0 Å². The molecule has 0 atom stereocenters. The summed E-state index contributed by atoms with van der Waals surface area (Å²) in [5.41, 5.74) is 16.4. The van der Waals surface area contributed by atoms with Crippen LogP contribution in [0.5, 0.6) is 0 Å². The van der Waals surface area contributed by atoms with Crippen molar-refractivity contribution >= 4 is 23.6 Å². The van der Waals surface area contributed by atoms with Crippen LogP contribution in [0.4, 0.5) is 16.4 Å². The van der Waals surface area contributed by atoms with Gasteiger partial charge in [-0.2, -0.15) is 0 Å². The quantitative estimate of drug-likeness (QED) is 0.249. The maximum absolute atomic E-state index is 13.0. The van der Waals surface area contributed by atoms with E-state index in [0.717, 1.165) is 27.8 Å². The highest BCUT2D eigenvalue weighted by Crippen LogP contribution is 2.44. The highest BCUT2D eigenvalue weighted by Gasteiger charge is 2.29. The van der Waals surface area contributed by atoms with Crippen molar-refractivity contribution < 1.29 is 14.3 Å². The molecule has 5 N–H and O–H groups in total. The molecule has 2 amide bonds. The minimum atomic E-state index is -0.764. The predicted molar refractivity (Wildman–Crippen MR) is 150 cm³/mol. The normalized spacial score (nSPS) is 11.8. The lowest BCUT2D eigenvalue weighted by molar-refractivity contribution is -0.121. The number of aromatic nitrogens is 3. The van der Waals surface area contributed by atoms with Gasteiger partial charge < -0.3 is 15.8 Å². The fraction of sp³-hybridized carbons (Fsp3) is 0.207. The summed E-state index contributed by atoms with van der Waals surface area (Å²) >= 11 is 0. The number of anilines is 2. The fourth-order valence-electron chi connectivity index (χ4n) is 4.79. The van der Waals surface area contributed by atoms with Crippen molar-refractivity contribution in [1.82, 2.24) is 25.3 Å². The number of ether oxygens (including phenoxy) is 1. The molecule has 40 heavy (non-hydrogen) atoms. The number of aryl methyl sites for hydroxylation is 2. The average Bonchev–Trinajstić information content (AvgIpc) is 3.27. The van der Waals surface area contributed by atoms with Crippen molar-refractivity contribution in [2.45, 2.75) is 32.9 Å². The second kappa shape index (κ2) is 11.3. The molecule has 204 valence electrons. The van der Waals surface area contributed by atoms with E-state index in [1.54, 1.807) is 26.0 Å². The Morgan fingerprint density at radius 1 is 1.00 bits per heavy atom. The lowest BCUT2D eigenvalue weighted by Gasteiger charge is -2.15. The van der Waals surface area contributed by atoms with Crippen molar-refractivity contribution in [1.29, 1.82) is 0 Å². The Morgan fingerprint density at radius 2 is 1.68 bits per heavy atom. The van der Waals surface area contributed by atoms with Gasteiger partial charge in [-0.3, -0.25) is 19.6 Å². The summed E-state index contributed by atoms with van der Waals surface area (Å²) in [7, 11) is 0.